The van der Waals surface area contributed by atoms with Crippen molar-refractivity contribution in [1.82, 2.24) is 5.16 Å². The van der Waals surface area contributed by atoms with Crippen molar-refractivity contribution < 1.29 is 23.6 Å². The molecule has 8 nitrogen and oxygen atoms in total. The van der Waals surface area contributed by atoms with Crippen LogP contribution >= 0.6 is 0 Å². The molecule has 0 saturated heterocycles. The Labute approximate surface area is 196 Å². The highest BCUT2D eigenvalue weighted by Gasteiger charge is 2.21. The molecule has 2 amide bonds. The predicted octanol–water partition coefficient (Wildman–Crippen LogP) is 5.58. The summed E-state index contributed by atoms with van der Waals surface area (Å²) in [4.78, 5) is 24.9. The number of methoxy groups -OCH3 is 1. The van der Waals surface area contributed by atoms with E-state index in [-0.39, 0.29) is 11.4 Å². The molecule has 34 heavy (non-hydrogen) atoms. The third-order valence-electron chi connectivity index (χ3n) is 4.96. The van der Waals surface area contributed by atoms with Crippen LogP contribution in [0.5, 0.6) is 5.75 Å². The fourth-order valence-electron chi connectivity index (χ4n) is 3.40. The van der Waals surface area contributed by atoms with Crippen LogP contribution in [0.15, 0.2) is 89.5 Å². The van der Waals surface area contributed by atoms with E-state index in [0.717, 1.165) is 11.1 Å². The fraction of sp³-hybridized carbons (Fsp3) is 0.115. The van der Waals surface area contributed by atoms with Crippen LogP contribution in [0.3, 0.4) is 0 Å². The quantitative estimate of drug-likeness (QED) is 0.351. The van der Waals surface area contributed by atoms with Crippen LogP contribution in [0.2, 0.25) is 0 Å². The van der Waals surface area contributed by atoms with Crippen LogP contribution in [0.4, 0.5) is 16.3 Å². The molecule has 0 aliphatic carbocycles. The number of aromatic nitrogens is 1. The van der Waals surface area contributed by atoms with Crippen molar-refractivity contribution in [3.63, 3.8) is 0 Å². The molecule has 0 aliphatic rings. The number of esters is 1. The summed E-state index contributed by atoms with van der Waals surface area (Å²) in [6, 6.07) is 25.2. The summed E-state index contributed by atoms with van der Waals surface area (Å²) in [5, 5.41) is 8.95. The number of rotatable bonds is 7. The number of amides is 2. The Morgan fingerprint density at radius 3 is 2.09 bits per heavy atom. The van der Waals surface area contributed by atoms with Crippen LogP contribution in [-0.2, 0) is 4.74 Å². The third-order valence-corrected chi connectivity index (χ3v) is 4.96. The number of urea groups is 1. The number of ether oxygens (including phenoxy) is 2. The van der Waals surface area contributed by atoms with Gasteiger partial charge in [-0.25, -0.2) is 9.59 Å². The Balaban J connectivity index is 1.61. The fourth-order valence-corrected chi connectivity index (χ4v) is 3.40. The second-order valence-electron chi connectivity index (χ2n) is 7.42. The maximum absolute atomic E-state index is 12.6. The van der Waals surface area contributed by atoms with Gasteiger partial charge in [-0.05, 0) is 36.2 Å². The first-order valence-electron chi connectivity index (χ1n) is 10.5. The molecule has 172 valence electrons. The summed E-state index contributed by atoms with van der Waals surface area (Å²) in [6.45, 7) is 1.72. The molecule has 0 unspecified atom stereocenters. The minimum atomic E-state index is -0.592. The lowest BCUT2D eigenvalue weighted by Crippen LogP contribution is -2.20. The van der Waals surface area contributed by atoms with Crippen molar-refractivity contribution in [2.75, 3.05) is 17.7 Å². The first kappa shape index (κ1) is 22.6. The summed E-state index contributed by atoms with van der Waals surface area (Å²) in [6.07, 6.45) is -0.455. The van der Waals surface area contributed by atoms with Gasteiger partial charge in [0.1, 0.15) is 23.2 Å². The highest BCUT2D eigenvalue weighted by atomic mass is 16.5. The van der Waals surface area contributed by atoms with E-state index >= 15 is 0 Å². The van der Waals surface area contributed by atoms with E-state index in [1.807, 2.05) is 60.7 Å². The minimum Gasteiger partial charge on any atom is -0.480 e. The number of benzene rings is 3. The lowest BCUT2D eigenvalue weighted by molar-refractivity contribution is 0.0594. The molecule has 0 spiro atoms. The first-order chi connectivity index (χ1) is 16.5. The van der Waals surface area contributed by atoms with Gasteiger partial charge in [0, 0.05) is 11.8 Å². The van der Waals surface area contributed by atoms with Crippen LogP contribution < -0.4 is 15.4 Å². The zero-order valence-electron chi connectivity index (χ0n) is 18.6. The molecule has 0 atom stereocenters. The first-order valence-corrected chi connectivity index (χ1v) is 10.5. The van der Waals surface area contributed by atoms with Gasteiger partial charge in [0.25, 0.3) is 0 Å². The molecule has 0 bridgehead atoms. The second-order valence-corrected chi connectivity index (χ2v) is 7.42. The molecule has 0 aliphatic heterocycles. The number of hydrogen-bond acceptors (Lipinski definition) is 6. The van der Waals surface area contributed by atoms with Gasteiger partial charge in [0.05, 0.1) is 7.11 Å². The summed E-state index contributed by atoms with van der Waals surface area (Å²) in [5.41, 5.74) is 2.40. The van der Waals surface area contributed by atoms with Gasteiger partial charge in [-0.1, -0.05) is 65.8 Å². The van der Waals surface area contributed by atoms with E-state index in [0.29, 0.717) is 17.2 Å². The predicted molar refractivity (Wildman–Crippen MR) is 127 cm³/mol. The van der Waals surface area contributed by atoms with Gasteiger partial charge in [-0.3, -0.25) is 5.32 Å². The van der Waals surface area contributed by atoms with E-state index in [1.165, 1.54) is 13.2 Å². The van der Waals surface area contributed by atoms with E-state index in [1.54, 1.807) is 25.1 Å². The number of carbonyl (C=O) groups excluding carboxylic acids is 2. The summed E-state index contributed by atoms with van der Waals surface area (Å²) in [5.74, 6) is 0.571. The largest absolute Gasteiger partial charge is 0.480 e. The number of hydrogen-bond donors (Lipinski definition) is 2. The number of carbonyl (C=O) groups is 2. The Kier molecular flexibility index (Phi) is 6.88. The van der Waals surface area contributed by atoms with E-state index in [4.69, 9.17) is 14.0 Å². The van der Waals surface area contributed by atoms with Gasteiger partial charge in [0.15, 0.2) is 5.82 Å². The second kappa shape index (κ2) is 10.4. The van der Waals surface area contributed by atoms with Gasteiger partial charge in [-0.15, -0.1) is 0 Å². The smallest absolute Gasteiger partial charge is 0.341 e. The van der Waals surface area contributed by atoms with Crippen molar-refractivity contribution in [2.24, 2.45) is 0 Å². The maximum Gasteiger partial charge on any atom is 0.341 e. The highest BCUT2D eigenvalue weighted by Crippen LogP contribution is 2.32. The van der Waals surface area contributed by atoms with Crippen molar-refractivity contribution >= 4 is 23.5 Å². The normalized spacial score (nSPS) is 10.6. The number of nitrogens with one attached hydrogen (secondary N) is 2. The zero-order valence-corrected chi connectivity index (χ0v) is 18.6. The number of nitrogens with zero attached hydrogens (tertiary/aromatic N) is 1. The van der Waals surface area contributed by atoms with E-state index in [2.05, 4.69) is 15.8 Å². The van der Waals surface area contributed by atoms with Crippen molar-refractivity contribution in [3.8, 4) is 5.75 Å². The molecule has 4 aromatic rings. The van der Waals surface area contributed by atoms with Crippen LogP contribution in [-0.4, -0.2) is 24.3 Å². The third kappa shape index (κ3) is 5.42. The van der Waals surface area contributed by atoms with Gasteiger partial charge >= 0.3 is 12.0 Å². The Hall–Kier alpha value is -4.59. The standard InChI is InChI=1S/C26H23N3O5/c1-17-15-23(29-34-17)28-26(31)27-20-13-14-22(21(16-20)25(30)32-2)33-24(18-9-5-3-6-10-18)19-11-7-4-8-12-19/h3-16,24H,1-2H3,(H2,27,28,29,31). The Morgan fingerprint density at radius 1 is 0.882 bits per heavy atom. The van der Waals surface area contributed by atoms with Crippen LogP contribution in [0, 0.1) is 6.92 Å². The van der Waals surface area contributed by atoms with Crippen LogP contribution in [0.25, 0.3) is 0 Å². The van der Waals surface area contributed by atoms with Gasteiger partial charge in [0.2, 0.25) is 0 Å². The van der Waals surface area contributed by atoms with Crippen molar-refractivity contribution in [2.45, 2.75) is 13.0 Å². The average molecular weight is 457 g/mol. The monoisotopic (exact) mass is 457 g/mol. The zero-order chi connectivity index (χ0) is 23.9. The summed E-state index contributed by atoms with van der Waals surface area (Å²) in [7, 11) is 1.29. The molecular weight excluding hydrogens is 434 g/mol. The van der Waals surface area contributed by atoms with E-state index in [9.17, 15) is 9.59 Å². The average Bonchev–Trinajstić information content (AvgIpc) is 3.27. The Bertz CT molecular complexity index is 1230. The highest BCUT2D eigenvalue weighted by molar-refractivity contribution is 6.01. The SMILES string of the molecule is COC(=O)c1cc(NC(=O)Nc2cc(C)on2)ccc1OC(c1ccccc1)c1ccccc1. The number of aryl methyl sites for hydroxylation is 1. The minimum absolute atomic E-state index is 0.175. The molecule has 0 radical (unpaired) electrons. The van der Waals surface area contributed by atoms with E-state index < -0.39 is 18.1 Å². The summed E-state index contributed by atoms with van der Waals surface area (Å²) < 4.78 is 16.2. The molecule has 1 aromatic heterocycles. The topological polar surface area (TPSA) is 103 Å². The van der Waals surface area contributed by atoms with Gasteiger partial charge in [-0.2, -0.15) is 0 Å². The molecule has 4 rings (SSSR count). The molecule has 0 fully saturated rings. The molecule has 0 saturated carbocycles. The lowest BCUT2D eigenvalue weighted by atomic mass is 10.0. The molecule has 3 aromatic carbocycles. The van der Waals surface area contributed by atoms with Crippen LogP contribution in [0.1, 0.15) is 33.3 Å². The van der Waals surface area contributed by atoms with Crippen molar-refractivity contribution in [1.29, 1.82) is 0 Å². The molecule has 8 heteroatoms. The Morgan fingerprint density at radius 2 is 1.53 bits per heavy atom. The molecule has 1 heterocycles. The van der Waals surface area contributed by atoms with Crippen molar-refractivity contribution in [3.05, 3.63) is 107 Å². The van der Waals surface area contributed by atoms with Gasteiger partial charge < -0.3 is 19.3 Å². The summed E-state index contributed by atoms with van der Waals surface area (Å²) >= 11 is 0. The molecule has 2 N–H and O–H groups in total. The number of anilines is 2. The lowest BCUT2D eigenvalue weighted by Gasteiger charge is -2.22. The maximum atomic E-state index is 12.6. The molecular formula is C26H23N3O5.